The monoisotopic (exact) mass is 231 g/mol. The van der Waals surface area contributed by atoms with Gasteiger partial charge in [-0.2, -0.15) is 9.65 Å². The van der Waals surface area contributed by atoms with E-state index in [1.54, 1.807) is 12.1 Å². The van der Waals surface area contributed by atoms with Crippen molar-refractivity contribution in [1.82, 2.24) is 4.98 Å². The summed E-state index contributed by atoms with van der Waals surface area (Å²) in [6, 6.07) is 8.50. The van der Waals surface area contributed by atoms with E-state index in [0.29, 0.717) is 11.4 Å². The van der Waals surface area contributed by atoms with Gasteiger partial charge in [-0.15, -0.1) is 0 Å². The second kappa shape index (κ2) is 4.58. The first-order valence-corrected chi connectivity index (χ1v) is 4.77. The topological polar surface area (TPSA) is 48.7 Å². The fraction of sp³-hybridized carbons (Fsp3) is 0. The van der Waals surface area contributed by atoms with E-state index in [0.717, 1.165) is 0 Å². The van der Waals surface area contributed by atoms with Gasteiger partial charge in [0, 0.05) is 23.6 Å². The Balaban J connectivity index is 2.28. The van der Waals surface area contributed by atoms with Gasteiger partial charge in [-0.3, -0.25) is 0 Å². The maximum Gasteiger partial charge on any atom is 0.214 e. The maximum atomic E-state index is 13.1. The molecule has 2 rings (SSSR count). The number of nitrogens with zero attached hydrogens (tertiary/aromatic N) is 2. The Labute approximate surface area is 96.3 Å². The van der Waals surface area contributed by atoms with Crippen LogP contribution in [-0.4, -0.2) is 4.98 Å². The second-order valence-electron chi connectivity index (χ2n) is 3.30. The predicted molar refractivity (Wildman–Crippen MR) is 58.6 cm³/mol. The smallest absolute Gasteiger partial charge is 0.214 e. The molecule has 1 heterocycles. The minimum Gasteiger partial charge on any atom is -0.355 e. The summed E-state index contributed by atoms with van der Waals surface area (Å²) in [6.45, 7) is 0. The summed E-state index contributed by atoms with van der Waals surface area (Å²) in [6.07, 6.45) is 1.31. The SMILES string of the molecule is N#Cc1cc(Nc2ccnc(F)c2)ccc1F. The molecule has 1 aromatic heterocycles. The second-order valence-corrected chi connectivity index (χ2v) is 3.30. The molecule has 0 fully saturated rings. The molecule has 0 spiro atoms. The first-order chi connectivity index (χ1) is 8.19. The number of nitrogens with one attached hydrogen (secondary N) is 1. The molecule has 0 atom stereocenters. The van der Waals surface area contributed by atoms with Crippen molar-refractivity contribution in [3.63, 3.8) is 0 Å². The van der Waals surface area contributed by atoms with Crippen LogP contribution in [0.2, 0.25) is 0 Å². The number of anilines is 2. The zero-order chi connectivity index (χ0) is 12.3. The van der Waals surface area contributed by atoms with E-state index >= 15 is 0 Å². The van der Waals surface area contributed by atoms with Crippen LogP contribution in [-0.2, 0) is 0 Å². The fourth-order valence-corrected chi connectivity index (χ4v) is 1.34. The lowest BCUT2D eigenvalue weighted by molar-refractivity contribution is 0.584. The number of nitriles is 1. The molecule has 3 nitrogen and oxygen atoms in total. The molecule has 0 amide bonds. The molecular formula is C12H7F2N3. The summed E-state index contributed by atoms with van der Waals surface area (Å²) in [5.41, 5.74) is 0.922. The number of benzene rings is 1. The van der Waals surface area contributed by atoms with Gasteiger partial charge in [0.25, 0.3) is 0 Å². The third-order valence-corrected chi connectivity index (χ3v) is 2.10. The van der Waals surface area contributed by atoms with Crippen molar-refractivity contribution in [3.8, 4) is 6.07 Å². The van der Waals surface area contributed by atoms with Crippen LogP contribution in [0.1, 0.15) is 5.56 Å². The number of hydrogen-bond donors (Lipinski definition) is 1. The first-order valence-electron chi connectivity index (χ1n) is 4.77. The molecule has 0 aliphatic heterocycles. The van der Waals surface area contributed by atoms with Crippen molar-refractivity contribution in [1.29, 1.82) is 5.26 Å². The van der Waals surface area contributed by atoms with E-state index in [4.69, 9.17) is 5.26 Å². The van der Waals surface area contributed by atoms with Gasteiger partial charge < -0.3 is 5.32 Å². The van der Waals surface area contributed by atoms with Crippen LogP contribution in [0.3, 0.4) is 0 Å². The van der Waals surface area contributed by atoms with Crippen LogP contribution in [0.5, 0.6) is 0 Å². The lowest BCUT2D eigenvalue weighted by Gasteiger charge is -2.06. The third-order valence-electron chi connectivity index (χ3n) is 2.10. The van der Waals surface area contributed by atoms with E-state index in [2.05, 4.69) is 10.3 Å². The molecule has 17 heavy (non-hydrogen) atoms. The van der Waals surface area contributed by atoms with Crippen LogP contribution in [0.25, 0.3) is 0 Å². The summed E-state index contributed by atoms with van der Waals surface area (Å²) < 4.78 is 25.9. The third kappa shape index (κ3) is 2.55. The molecular weight excluding hydrogens is 224 g/mol. The van der Waals surface area contributed by atoms with Gasteiger partial charge in [0.1, 0.15) is 11.9 Å². The Morgan fingerprint density at radius 2 is 1.88 bits per heavy atom. The number of halogens is 2. The minimum atomic E-state index is -0.613. The number of aromatic nitrogens is 1. The fourth-order valence-electron chi connectivity index (χ4n) is 1.34. The number of rotatable bonds is 2. The molecule has 1 aromatic carbocycles. The standard InChI is InChI=1S/C12H7F2N3/c13-11-2-1-9(5-8(11)7-15)17-10-3-4-16-12(14)6-10/h1-6H,(H,16,17). The van der Waals surface area contributed by atoms with Gasteiger partial charge >= 0.3 is 0 Å². The van der Waals surface area contributed by atoms with E-state index in [-0.39, 0.29) is 5.56 Å². The average Bonchev–Trinajstić information content (AvgIpc) is 2.32. The Bertz CT molecular complexity index is 591. The number of hydrogen-bond acceptors (Lipinski definition) is 3. The molecule has 5 heteroatoms. The van der Waals surface area contributed by atoms with Gasteiger partial charge in [0.15, 0.2) is 0 Å². The molecule has 0 unspecified atom stereocenters. The van der Waals surface area contributed by atoms with Crippen molar-refractivity contribution in [2.75, 3.05) is 5.32 Å². The van der Waals surface area contributed by atoms with Crippen molar-refractivity contribution in [3.05, 3.63) is 53.9 Å². The lowest BCUT2D eigenvalue weighted by Crippen LogP contribution is -1.94. The van der Waals surface area contributed by atoms with Crippen LogP contribution < -0.4 is 5.32 Å². The summed E-state index contributed by atoms with van der Waals surface area (Å²) in [5.74, 6) is -1.20. The molecule has 0 saturated heterocycles. The van der Waals surface area contributed by atoms with Gasteiger partial charge in [0.2, 0.25) is 5.95 Å². The Kier molecular flexibility index (Phi) is 2.97. The summed E-state index contributed by atoms with van der Waals surface area (Å²) in [5, 5.41) is 11.5. The van der Waals surface area contributed by atoms with Crippen LogP contribution in [0.15, 0.2) is 36.5 Å². The summed E-state index contributed by atoms with van der Waals surface area (Å²) in [7, 11) is 0. The Hall–Kier alpha value is -2.48. The van der Waals surface area contributed by atoms with Gasteiger partial charge in [0.05, 0.1) is 5.56 Å². The highest BCUT2D eigenvalue weighted by Gasteiger charge is 2.03. The lowest BCUT2D eigenvalue weighted by atomic mass is 10.2. The zero-order valence-corrected chi connectivity index (χ0v) is 8.61. The molecule has 0 bridgehead atoms. The summed E-state index contributed by atoms with van der Waals surface area (Å²) >= 11 is 0. The highest BCUT2D eigenvalue weighted by atomic mass is 19.1. The largest absolute Gasteiger partial charge is 0.355 e. The molecule has 0 saturated carbocycles. The van der Waals surface area contributed by atoms with Gasteiger partial charge in [-0.05, 0) is 24.3 Å². The predicted octanol–water partition coefficient (Wildman–Crippen LogP) is 2.98. The molecule has 0 aliphatic rings. The summed E-state index contributed by atoms with van der Waals surface area (Å²) in [4.78, 5) is 3.41. The van der Waals surface area contributed by atoms with Crippen molar-refractivity contribution in [2.24, 2.45) is 0 Å². The van der Waals surface area contributed by atoms with E-state index < -0.39 is 11.8 Å². The van der Waals surface area contributed by atoms with Crippen LogP contribution in [0.4, 0.5) is 20.2 Å². The normalized spacial score (nSPS) is 9.71. The average molecular weight is 231 g/mol. The molecule has 2 aromatic rings. The Morgan fingerprint density at radius 1 is 1.12 bits per heavy atom. The van der Waals surface area contributed by atoms with E-state index in [1.165, 1.54) is 30.5 Å². The van der Waals surface area contributed by atoms with Crippen molar-refractivity contribution < 1.29 is 8.78 Å². The van der Waals surface area contributed by atoms with E-state index in [1.807, 2.05) is 0 Å². The number of pyridine rings is 1. The van der Waals surface area contributed by atoms with Crippen molar-refractivity contribution in [2.45, 2.75) is 0 Å². The van der Waals surface area contributed by atoms with E-state index in [9.17, 15) is 8.78 Å². The minimum absolute atomic E-state index is 0.0653. The van der Waals surface area contributed by atoms with Crippen LogP contribution >= 0.6 is 0 Å². The molecule has 1 N–H and O–H groups in total. The highest BCUT2D eigenvalue weighted by Crippen LogP contribution is 2.19. The maximum absolute atomic E-state index is 13.1. The highest BCUT2D eigenvalue weighted by molar-refractivity contribution is 5.60. The Morgan fingerprint density at radius 3 is 2.59 bits per heavy atom. The van der Waals surface area contributed by atoms with Gasteiger partial charge in [-0.1, -0.05) is 0 Å². The molecule has 0 radical (unpaired) electrons. The van der Waals surface area contributed by atoms with Gasteiger partial charge in [-0.25, -0.2) is 9.37 Å². The molecule has 0 aliphatic carbocycles. The van der Waals surface area contributed by atoms with Crippen LogP contribution in [0, 0.1) is 23.1 Å². The first kappa shape index (κ1) is 11.0. The quantitative estimate of drug-likeness (QED) is 0.808. The zero-order valence-electron chi connectivity index (χ0n) is 8.61. The van der Waals surface area contributed by atoms with Crippen molar-refractivity contribution >= 4 is 11.4 Å². The molecule has 84 valence electrons.